The maximum Gasteiger partial charge on any atom is 0.315 e. The number of hydrogen-bond acceptors (Lipinski definition) is 5. The smallest absolute Gasteiger partial charge is 0.315 e. The first-order valence-electron chi connectivity index (χ1n) is 7.98. The number of rotatable bonds is 4. The van der Waals surface area contributed by atoms with E-state index in [4.69, 9.17) is 4.74 Å². The molecule has 2 atom stereocenters. The fourth-order valence-corrected chi connectivity index (χ4v) is 3.83. The first-order valence-corrected chi connectivity index (χ1v) is 8.92. The van der Waals surface area contributed by atoms with Gasteiger partial charge in [-0.1, -0.05) is 12.8 Å². The van der Waals surface area contributed by atoms with Crippen LogP contribution >= 0.6 is 11.3 Å². The molecule has 3 rings (SSSR count). The van der Waals surface area contributed by atoms with Gasteiger partial charge in [-0.3, -0.25) is 14.4 Å². The third-order valence-corrected chi connectivity index (χ3v) is 5.19. The lowest BCUT2D eigenvalue weighted by molar-refractivity contribution is -0.156. The van der Waals surface area contributed by atoms with E-state index in [-0.39, 0.29) is 18.0 Å². The Bertz CT molecular complexity index is 714. The van der Waals surface area contributed by atoms with Crippen molar-refractivity contribution < 1.29 is 24.2 Å². The number of allylic oxidation sites excluding steroid dienone is 2. The summed E-state index contributed by atoms with van der Waals surface area (Å²) in [4.78, 5) is 35.8. The maximum absolute atomic E-state index is 12.5. The van der Waals surface area contributed by atoms with E-state index in [9.17, 15) is 19.5 Å². The number of ketones is 1. The van der Waals surface area contributed by atoms with Gasteiger partial charge < -0.3 is 9.84 Å². The molecule has 1 saturated carbocycles. The molecule has 0 aromatic carbocycles. The second-order valence-corrected chi connectivity index (χ2v) is 6.85. The highest BCUT2D eigenvalue weighted by molar-refractivity contribution is 7.08. The van der Waals surface area contributed by atoms with Gasteiger partial charge in [-0.2, -0.15) is 11.3 Å². The molecule has 0 spiro atoms. The molecule has 126 valence electrons. The molecule has 6 heteroatoms. The SMILES string of the molecule is O=C1CC=C(OC(=O)C2CCCCC2C(=O)O)C1=Cc1ccsc1. The van der Waals surface area contributed by atoms with Crippen LogP contribution in [-0.4, -0.2) is 22.8 Å². The number of thiophene rings is 1. The molecular formula is C18H18O5S. The van der Waals surface area contributed by atoms with Crippen molar-refractivity contribution in [3.05, 3.63) is 39.8 Å². The second-order valence-electron chi connectivity index (χ2n) is 6.07. The van der Waals surface area contributed by atoms with E-state index in [0.29, 0.717) is 18.4 Å². The fourth-order valence-electron chi connectivity index (χ4n) is 3.21. The van der Waals surface area contributed by atoms with Crippen LogP contribution in [0.4, 0.5) is 0 Å². The predicted octanol–water partition coefficient (Wildman–Crippen LogP) is 3.42. The number of esters is 1. The highest BCUT2D eigenvalue weighted by Crippen LogP contribution is 2.33. The topological polar surface area (TPSA) is 80.7 Å². The zero-order valence-electron chi connectivity index (χ0n) is 13.1. The molecular weight excluding hydrogens is 328 g/mol. The quantitative estimate of drug-likeness (QED) is 0.667. The Balaban J connectivity index is 1.75. The van der Waals surface area contributed by atoms with Gasteiger partial charge in [0.25, 0.3) is 0 Å². The number of carbonyl (C=O) groups excluding carboxylic acids is 2. The summed E-state index contributed by atoms with van der Waals surface area (Å²) in [6, 6.07) is 1.88. The number of Topliss-reactive ketones (excluding diaryl/α,β-unsaturated/α-hetero) is 1. The van der Waals surface area contributed by atoms with Crippen molar-refractivity contribution in [2.24, 2.45) is 11.8 Å². The number of hydrogen-bond donors (Lipinski definition) is 1. The number of aliphatic carboxylic acids is 1. The molecule has 1 aromatic rings. The lowest BCUT2D eigenvalue weighted by atomic mass is 9.79. The first-order chi connectivity index (χ1) is 11.6. The summed E-state index contributed by atoms with van der Waals surface area (Å²) in [6.07, 6.45) is 6.14. The van der Waals surface area contributed by atoms with Gasteiger partial charge in [0, 0.05) is 6.42 Å². The molecule has 0 bridgehead atoms. The molecule has 1 N–H and O–H groups in total. The van der Waals surface area contributed by atoms with Crippen LogP contribution in [0.25, 0.3) is 6.08 Å². The third-order valence-electron chi connectivity index (χ3n) is 4.49. The Morgan fingerprint density at radius 3 is 2.67 bits per heavy atom. The van der Waals surface area contributed by atoms with Crippen molar-refractivity contribution in [2.75, 3.05) is 0 Å². The van der Waals surface area contributed by atoms with Gasteiger partial charge in [-0.25, -0.2) is 0 Å². The standard InChI is InChI=1S/C18H18O5S/c19-15-5-6-16(14(15)9-11-7-8-24-10-11)23-18(22)13-4-2-1-3-12(13)17(20)21/h6-10,12-13H,1-5H2,(H,20,21). The summed E-state index contributed by atoms with van der Waals surface area (Å²) in [6.45, 7) is 0. The summed E-state index contributed by atoms with van der Waals surface area (Å²) >= 11 is 1.52. The summed E-state index contributed by atoms with van der Waals surface area (Å²) < 4.78 is 5.44. The van der Waals surface area contributed by atoms with E-state index in [1.807, 2.05) is 16.8 Å². The summed E-state index contributed by atoms with van der Waals surface area (Å²) in [7, 11) is 0. The number of ether oxygens (including phenoxy) is 1. The zero-order chi connectivity index (χ0) is 17.1. The molecule has 24 heavy (non-hydrogen) atoms. The Morgan fingerprint density at radius 1 is 1.25 bits per heavy atom. The molecule has 1 heterocycles. The van der Waals surface area contributed by atoms with Gasteiger partial charge in [0.1, 0.15) is 5.76 Å². The Morgan fingerprint density at radius 2 is 2.00 bits per heavy atom. The summed E-state index contributed by atoms with van der Waals surface area (Å²) in [5.74, 6) is -2.68. The van der Waals surface area contributed by atoms with Crippen LogP contribution < -0.4 is 0 Å². The van der Waals surface area contributed by atoms with E-state index in [1.54, 1.807) is 12.2 Å². The minimum Gasteiger partial charge on any atom is -0.481 e. The molecule has 5 nitrogen and oxygen atoms in total. The molecule has 0 saturated heterocycles. The lowest BCUT2D eigenvalue weighted by Crippen LogP contribution is -2.33. The largest absolute Gasteiger partial charge is 0.481 e. The Labute approximate surface area is 143 Å². The van der Waals surface area contributed by atoms with Gasteiger partial charge in [-0.15, -0.1) is 0 Å². The van der Waals surface area contributed by atoms with Crippen molar-refractivity contribution in [1.29, 1.82) is 0 Å². The van der Waals surface area contributed by atoms with Gasteiger partial charge in [-0.05, 0) is 47.4 Å². The highest BCUT2D eigenvalue weighted by Gasteiger charge is 2.38. The van der Waals surface area contributed by atoms with Gasteiger partial charge in [0.2, 0.25) is 0 Å². The maximum atomic E-state index is 12.5. The van der Waals surface area contributed by atoms with Gasteiger partial charge in [0.15, 0.2) is 5.78 Å². The van der Waals surface area contributed by atoms with E-state index in [1.165, 1.54) is 11.3 Å². The third kappa shape index (κ3) is 3.48. The van der Waals surface area contributed by atoms with Crippen LogP contribution in [-0.2, 0) is 19.1 Å². The molecule has 0 amide bonds. The number of carboxylic acid groups (broad SMARTS) is 1. The van der Waals surface area contributed by atoms with Gasteiger partial charge >= 0.3 is 11.9 Å². The van der Waals surface area contributed by atoms with Crippen LogP contribution in [0.2, 0.25) is 0 Å². The van der Waals surface area contributed by atoms with Crippen LogP contribution in [0.3, 0.4) is 0 Å². The highest BCUT2D eigenvalue weighted by atomic mass is 32.1. The number of carboxylic acids is 1. The monoisotopic (exact) mass is 346 g/mol. The van der Waals surface area contributed by atoms with Crippen molar-refractivity contribution in [2.45, 2.75) is 32.1 Å². The minimum absolute atomic E-state index is 0.0950. The van der Waals surface area contributed by atoms with Gasteiger partial charge in [0.05, 0.1) is 17.4 Å². The van der Waals surface area contributed by atoms with Crippen molar-refractivity contribution in [3.8, 4) is 0 Å². The van der Waals surface area contributed by atoms with Crippen LogP contribution in [0.15, 0.2) is 34.2 Å². The van der Waals surface area contributed by atoms with E-state index < -0.39 is 23.8 Å². The van der Waals surface area contributed by atoms with Crippen LogP contribution in [0.5, 0.6) is 0 Å². The Kier molecular flexibility index (Phi) is 4.94. The molecule has 1 aromatic heterocycles. The van der Waals surface area contributed by atoms with Crippen LogP contribution in [0, 0.1) is 11.8 Å². The Hall–Kier alpha value is -2.21. The fraction of sp³-hybridized carbons (Fsp3) is 0.389. The zero-order valence-corrected chi connectivity index (χ0v) is 13.9. The first kappa shape index (κ1) is 16.6. The second kappa shape index (κ2) is 7.13. The summed E-state index contributed by atoms with van der Waals surface area (Å²) in [5.41, 5.74) is 1.26. The van der Waals surface area contributed by atoms with Crippen molar-refractivity contribution in [3.63, 3.8) is 0 Å². The van der Waals surface area contributed by atoms with Crippen molar-refractivity contribution >= 4 is 35.1 Å². The molecule has 2 aliphatic carbocycles. The van der Waals surface area contributed by atoms with E-state index >= 15 is 0 Å². The minimum atomic E-state index is -0.956. The molecule has 0 radical (unpaired) electrons. The van der Waals surface area contributed by atoms with E-state index in [2.05, 4.69) is 0 Å². The average molecular weight is 346 g/mol. The molecule has 2 aliphatic rings. The molecule has 2 unspecified atom stereocenters. The van der Waals surface area contributed by atoms with Crippen LogP contribution in [0.1, 0.15) is 37.7 Å². The lowest BCUT2D eigenvalue weighted by Gasteiger charge is -2.26. The normalized spacial score (nSPS) is 25.6. The predicted molar refractivity (Wildman–Crippen MR) is 89.2 cm³/mol. The summed E-state index contributed by atoms with van der Waals surface area (Å²) in [5, 5.41) is 13.1. The van der Waals surface area contributed by atoms with Crippen molar-refractivity contribution in [1.82, 2.24) is 0 Å². The average Bonchev–Trinajstić information content (AvgIpc) is 3.20. The number of carbonyl (C=O) groups is 3. The molecule has 1 fully saturated rings. The molecule has 0 aliphatic heterocycles. The van der Waals surface area contributed by atoms with E-state index in [0.717, 1.165) is 18.4 Å².